The number of nitrogens with zero attached hydrogens (tertiary/aromatic N) is 1. The first-order chi connectivity index (χ1) is 8.99. The lowest BCUT2D eigenvalue weighted by molar-refractivity contribution is -0.131. The third kappa shape index (κ3) is 3.10. The van der Waals surface area contributed by atoms with E-state index in [-0.39, 0.29) is 0 Å². The molecule has 1 N–H and O–H groups in total. The molecule has 0 spiro atoms. The standard InChI is InChI=1S/C15H18ClNO2/c1-10-8-11(2)17(9-10)15-12(6-7-14(18)19)4-3-5-13(15)16/h3-7,10-11H,8-9H2,1-2H3,(H,18,19)/b7-6+. The SMILES string of the molecule is CC1CC(C)N(c2c(Cl)cccc2/C=C/C(=O)O)C1. The van der Waals surface area contributed by atoms with Crippen LogP contribution in [0, 0.1) is 5.92 Å². The van der Waals surface area contributed by atoms with Crippen LogP contribution in [0.25, 0.3) is 6.08 Å². The number of rotatable bonds is 3. The fourth-order valence-electron chi connectivity index (χ4n) is 2.74. The Labute approximate surface area is 118 Å². The van der Waals surface area contributed by atoms with Crippen molar-refractivity contribution in [2.45, 2.75) is 26.3 Å². The van der Waals surface area contributed by atoms with E-state index in [1.807, 2.05) is 18.2 Å². The minimum absolute atomic E-state index is 0.423. The van der Waals surface area contributed by atoms with Gasteiger partial charge in [-0.1, -0.05) is 30.7 Å². The fraction of sp³-hybridized carbons (Fsp3) is 0.400. The van der Waals surface area contributed by atoms with E-state index in [2.05, 4.69) is 18.7 Å². The smallest absolute Gasteiger partial charge is 0.328 e. The van der Waals surface area contributed by atoms with Gasteiger partial charge in [0.15, 0.2) is 0 Å². The Morgan fingerprint density at radius 2 is 2.21 bits per heavy atom. The van der Waals surface area contributed by atoms with Crippen LogP contribution in [0.5, 0.6) is 0 Å². The Morgan fingerprint density at radius 1 is 1.47 bits per heavy atom. The predicted molar refractivity (Wildman–Crippen MR) is 78.7 cm³/mol. The van der Waals surface area contributed by atoms with Crippen LogP contribution in [0.3, 0.4) is 0 Å². The van der Waals surface area contributed by atoms with Crippen LogP contribution >= 0.6 is 11.6 Å². The van der Waals surface area contributed by atoms with Gasteiger partial charge < -0.3 is 10.0 Å². The van der Waals surface area contributed by atoms with Gasteiger partial charge in [-0.15, -0.1) is 0 Å². The minimum atomic E-state index is -0.950. The molecule has 2 atom stereocenters. The van der Waals surface area contributed by atoms with Crippen molar-refractivity contribution < 1.29 is 9.90 Å². The molecule has 0 bridgehead atoms. The molecule has 1 aliphatic heterocycles. The zero-order chi connectivity index (χ0) is 14.0. The van der Waals surface area contributed by atoms with Crippen molar-refractivity contribution in [3.05, 3.63) is 34.9 Å². The Balaban J connectivity index is 2.41. The number of hydrogen-bond acceptors (Lipinski definition) is 2. The summed E-state index contributed by atoms with van der Waals surface area (Å²) in [6, 6.07) is 6.02. The summed E-state index contributed by atoms with van der Waals surface area (Å²) in [4.78, 5) is 12.9. The number of carbonyl (C=O) groups is 1. The summed E-state index contributed by atoms with van der Waals surface area (Å²) >= 11 is 6.31. The molecular formula is C15H18ClNO2. The average Bonchev–Trinajstić information content (AvgIpc) is 2.65. The van der Waals surface area contributed by atoms with Crippen LogP contribution in [0.2, 0.25) is 5.02 Å². The number of para-hydroxylation sites is 1. The summed E-state index contributed by atoms with van der Waals surface area (Å²) in [5.74, 6) is -0.323. The maximum Gasteiger partial charge on any atom is 0.328 e. The topological polar surface area (TPSA) is 40.5 Å². The minimum Gasteiger partial charge on any atom is -0.478 e. The summed E-state index contributed by atoms with van der Waals surface area (Å²) in [7, 11) is 0. The molecule has 2 unspecified atom stereocenters. The van der Waals surface area contributed by atoms with Crippen LogP contribution in [0.15, 0.2) is 24.3 Å². The van der Waals surface area contributed by atoms with Gasteiger partial charge in [-0.05, 0) is 37.0 Å². The molecular weight excluding hydrogens is 262 g/mol. The Kier molecular flexibility index (Phi) is 4.15. The molecule has 3 nitrogen and oxygen atoms in total. The largest absolute Gasteiger partial charge is 0.478 e. The van der Waals surface area contributed by atoms with Crippen LogP contribution in [-0.2, 0) is 4.79 Å². The second-order valence-electron chi connectivity index (χ2n) is 5.19. The number of benzene rings is 1. The first-order valence-corrected chi connectivity index (χ1v) is 6.83. The molecule has 4 heteroatoms. The summed E-state index contributed by atoms with van der Waals surface area (Å²) in [6.07, 6.45) is 3.89. The van der Waals surface area contributed by atoms with Crippen molar-refractivity contribution in [3.63, 3.8) is 0 Å². The molecule has 2 rings (SSSR count). The number of halogens is 1. The molecule has 1 aromatic carbocycles. The van der Waals surface area contributed by atoms with Crippen molar-refractivity contribution in [2.75, 3.05) is 11.4 Å². The van der Waals surface area contributed by atoms with Crippen LogP contribution in [-0.4, -0.2) is 23.7 Å². The number of hydrogen-bond donors (Lipinski definition) is 1. The zero-order valence-corrected chi connectivity index (χ0v) is 11.9. The quantitative estimate of drug-likeness (QED) is 0.858. The van der Waals surface area contributed by atoms with Crippen molar-refractivity contribution in [3.8, 4) is 0 Å². The summed E-state index contributed by atoms with van der Waals surface area (Å²) in [5, 5.41) is 9.44. The third-order valence-electron chi connectivity index (χ3n) is 3.49. The van der Waals surface area contributed by atoms with Crippen molar-refractivity contribution in [2.24, 2.45) is 5.92 Å². The van der Waals surface area contributed by atoms with Crippen LogP contribution < -0.4 is 4.90 Å². The second-order valence-corrected chi connectivity index (χ2v) is 5.60. The van der Waals surface area contributed by atoms with Gasteiger partial charge in [0.2, 0.25) is 0 Å². The van der Waals surface area contributed by atoms with Gasteiger partial charge in [-0.3, -0.25) is 0 Å². The zero-order valence-electron chi connectivity index (χ0n) is 11.1. The first kappa shape index (κ1) is 13.9. The van der Waals surface area contributed by atoms with E-state index in [4.69, 9.17) is 16.7 Å². The molecule has 1 aromatic rings. The van der Waals surface area contributed by atoms with Gasteiger partial charge >= 0.3 is 5.97 Å². The van der Waals surface area contributed by atoms with Gasteiger partial charge in [0.25, 0.3) is 0 Å². The number of anilines is 1. The fourth-order valence-corrected chi connectivity index (χ4v) is 3.03. The van der Waals surface area contributed by atoms with Crippen molar-refractivity contribution in [1.29, 1.82) is 0 Å². The predicted octanol–water partition coefficient (Wildman–Crippen LogP) is 3.67. The Bertz CT molecular complexity index is 513. The van der Waals surface area contributed by atoms with E-state index in [0.29, 0.717) is 17.0 Å². The van der Waals surface area contributed by atoms with Gasteiger partial charge in [-0.25, -0.2) is 4.79 Å². The van der Waals surface area contributed by atoms with Gasteiger partial charge in [-0.2, -0.15) is 0 Å². The average molecular weight is 280 g/mol. The third-order valence-corrected chi connectivity index (χ3v) is 3.80. The van der Waals surface area contributed by atoms with Crippen LogP contribution in [0.1, 0.15) is 25.8 Å². The maximum absolute atomic E-state index is 10.7. The normalized spacial score (nSPS) is 23.2. The van der Waals surface area contributed by atoms with E-state index >= 15 is 0 Å². The molecule has 1 heterocycles. The van der Waals surface area contributed by atoms with E-state index < -0.39 is 5.97 Å². The molecule has 19 heavy (non-hydrogen) atoms. The lowest BCUT2D eigenvalue weighted by Crippen LogP contribution is -2.27. The highest BCUT2D eigenvalue weighted by atomic mass is 35.5. The first-order valence-electron chi connectivity index (χ1n) is 6.45. The van der Waals surface area contributed by atoms with Crippen LogP contribution in [0.4, 0.5) is 5.69 Å². The van der Waals surface area contributed by atoms with E-state index in [1.165, 1.54) is 0 Å². The van der Waals surface area contributed by atoms with Gasteiger partial charge in [0.1, 0.15) is 0 Å². The molecule has 0 aromatic heterocycles. The van der Waals surface area contributed by atoms with E-state index in [9.17, 15) is 4.79 Å². The lowest BCUT2D eigenvalue weighted by atomic mass is 10.1. The Morgan fingerprint density at radius 3 is 2.79 bits per heavy atom. The molecule has 1 fully saturated rings. The molecule has 0 saturated carbocycles. The Hall–Kier alpha value is -1.48. The molecule has 1 saturated heterocycles. The van der Waals surface area contributed by atoms with Gasteiger partial charge in [0, 0.05) is 18.7 Å². The summed E-state index contributed by atoms with van der Waals surface area (Å²) in [6.45, 7) is 5.36. The molecule has 0 radical (unpaired) electrons. The highest BCUT2D eigenvalue weighted by Gasteiger charge is 2.28. The molecule has 1 aliphatic rings. The summed E-state index contributed by atoms with van der Waals surface area (Å²) in [5.41, 5.74) is 1.80. The van der Waals surface area contributed by atoms with E-state index in [0.717, 1.165) is 30.3 Å². The van der Waals surface area contributed by atoms with Crippen molar-refractivity contribution >= 4 is 29.3 Å². The highest BCUT2D eigenvalue weighted by Crippen LogP contribution is 2.37. The number of aliphatic carboxylic acids is 1. The van der Waals surface area contributed by atoms with E-state index in [1.54, 1.807) is 6.08 Å². The lowest BCUT2D eigenvalue weighted by Gasteiger charge is -2.27. The number of carboxylic acids is 1. The number of carboxylic acid groups (broad SMARTS) is 1. The molecule has 0 amide bonds. The highest BCUT2D eigenvalue weighted by molar-refractivity contribution is 6.33. The van der Waals surface area contributed by atoms with Crippen molar-refractivity contribution in [1.82, 2.24) is 0 Å². The second kappa shape index (κ2) is 5.66. The summed E-state index contributed by atoms with van der Waals surface area (Å²) < 4.78 is 0. The van der Waals surface area contributed by atoms with Gasteiger partial charge in [0.05, 0.1) is 10.7 Å². The molecule has 102 valence electrons. The molecule has 0 aliphatic carbocycles. The maximum atomic E-state index is 10.7. The monoisotopic (exact) mass is 279 g/mol.